The molecule has 0 spiro atoms. The summed E-state index contributed by atoms with van der Waals surface area (Å²) in [5, 5.41) is 7.56. The molecule has 0 bridgehead atoms. The zero-order chi connectivity index (χ0) is 13.1. The van der Waals surface area contributed by atoms with Crippen LogP contribution in [-0.4, -0.2) is 10.2 Å². The smallest absolute Gasteiger partial charge is 0.161 e. The number of aromatic nitrogens is 2. The van der Waals surface area contributed by atoms with Crippen LogP contribution in [0, 0.1) is 18.8 Å². The summed E-state index contributed by atoms with van der Waals surface area (Å²) in [6.45, 7) is 3.98. The van der Waals surface area contributed by atoms with Gasteiger partial charge in [0.1, 0.15) is 0 Å². The molecule has 0 saturated heterocycles. The lowest BCUT2D eigenvalue weighted by Gasteiger charge is -2.03. The number of benzene rings is 1. The lowest BCUT2D eigenvalue weighted by molar-refractivity contribution is 1.10. The fourth-order valence-electron chi connectivity index (χ4n) is 1.68. The van der Waals surface area contributed by atoms with Crippen LogP contribution < -0.4 is 5.73 Å². The normalized spacial score (nSPS) is 9.94. The van der Waals surface area contributed by atoms with Crippen molar-refractivity contribution in [3.63, 3.8) is 0 Å². The number of rotatable bonds is 1. The molecule has 0 aliphatic rings. The van der Waals surface area contributed by atoms with Gasteiger partial charge in [-0.05, 0) is 18.6 Å². The molecular weight excluding hydrogens is 246 g/mol. The summed E-state index contributed by atoms with van der Waals surface area (Å²) in [6, 6.07) is 5.85. The third-order valence-electron chi connectivity index (χ3n) is 2.58. The Balaban J connectivity index is 2.57. The Bertz CT molecular complexity index is 632. The van der Waals surface area contributed by atoms with E-state index in [9.17, 15) is 0 Å². The average molecular weight is 260 g/mol. The van der Waals surface area contributed by atoms with Crippen molar-refractivity contribution >= 4 is 17.4 Å². The molecule has 18 heavy (non-hydrogen) atoms. The van der Waals surface area contributed by atoms with E-state index in [-0.39, 0.29) is 0 Å². The minimum atomic E-state index is 0.405. The lowest BCUT2D eigenvalue weighted by Crippen LogP contribution is -1.89. The van der Waals surface area contributed by atoms with Crippen molar-refractivity contribution in [3.05, 3.63) is 34.3 Å². The minimum Gasteiger partial charge on any atom is -0.381 e. The second-order valence-corrected chi connectivity index (χ2v) is 4.40. The van der Waals surface area contributed by atoms with Gasteiger partial charge in [0.15, 0.2) is 5.82 Å². The molecule has 0 radical (unpaired) electrons. The number of aromatic amines is 1. The van der Waals surface area contributed by atoms with Crippen molar-refractivity contribution in [2.75, 3.05) is 5.73 Å². The molecule has 4 heteroatoms. The van der Waals surface area contributed by atoms with E-state index in [1.807, 2.05) is 32.0 Å². The van der Waals surface area contributed by atoms with E-state index in [2.05, 4.69) is 22.0 Å². The molecule has 0 fully saturated rings. The van der Waals surface area contributed by atoms with Crippen LogP contribution in [0.3, 0.4) is 0 Å². The molecule has 1 aromatic heterocycles. The Hall–Kier alpha value is -1.92. The molecule has 2 aromatic rings. The Morgan fingerprint density at radius 1 is 1.44 bits per heavy atom. The number of nitrogens with one attached hydrogen (secondary N) is 1. The third-order valence-corrected chi connectivity index (χ3v) is 2.89. The van der Waals surface area contributed by atoms with Crippen molar-refractivity contribution in [2.24, 2.45) is 0 Å². The van der Waals surface area contributed by atoms with Gasteiger partial charge in [-0.2, -0.15) is 5.10 Å². The number of halogens is 1. The van der Waals surface area contributed by atoms with Gasteiger partial charge in [-0.15, -0.1) is 0 Å². The van der Waals surface area contributed by atoms with Gasteiger partial charge in [-0.3, -0.25) is 5.10 Å². The minimum absolute atomic E-state index is 0.405. The molecule has 3 nitrogen and oxygen atoms in total. The maximum Gasteiger partial charge on any atom is 0.161 e. The van der Waals surface area contributed by atoms with Crippen LogP contribution in [0.1, 0.15) is 24.5 Å². The first-order chi connectivity index (χ1) is 8.63. The van der Waals surface area contributed by atoms with Crippen molar-refractivity contribution in [1.82, 2.24) is 10.2 Å². The van der Waals surface area contributed by atoms with Crippen molar-refractivity contribution in [3.8, 4) is 23.1 Å². The summed E-state index contributed by atoms with van der Waals surface area (Å²) in [7, 11) is 0. The molecule has 0 saturated carbocycles. The second-order valence-electron chi connectivity index (χ2n) is 4.00. The summed E-state index contributed by atoms with van der Waals surface area (Å²) >= 11 is 6.24. The highest BCUT2D eigenvalue weighted by molar-refractivity contribution is 6.33. The highest BCUT2D eigenvalue weighted by Crippen LogP contribution is 2.31. The number of aryl methyl sites for hydroxylation is 1. The SMILES string of the molecule is CCC#Cc1c(N)n[nH]c1-c1ccc(C)cc1Cl. The summed E-state index contributed by atoms with van der Waals surface area (Å²) in [6.07, 6.45) is 0.770. The first-order valence-corrected chi connectivity index (χ1v) is 6.10. The first-order valence-electron chi connectivity index (χ1n) is 5.72. The highest BCUT2D eigenvalue weighted by Gasteiger charge is 2.13. The molecule has 0 atom stereocenters. The van der Waals surface area contributed by atoms with Gasteiger partial charge in [0.25, 0.3) is 0 Å². The van der Waals surface area contributed by atoms with E-state index in [0.29, 0.717) is 16.4 Å². The fourth-order valence-corrected chi connectivity index (χ4v) is 2.01. The first kappa shape index (κ1) is 12.5. The Labute approximate surface area is 111 Å². The van der Waals surface area contributed by atoms with Crippen LogP contribution in [0.4, 0.5) is 5.82 Å². The van der Waals surface area contributed by atoms with E-state index < -0.39 is 0 Å². The number of hydrogen-bond acceptors (Lipinski definition) is 2. The Morgan fingerprint density at radius 2 is 2.22 bits per heavy atom. The zero-order valence-corrected chi connectivity index (χ0v) is 11.1. The zero-order valence-electron chi connectivity index (χ0n) is 10.3. The molecule has 0 amide bonds. The van der Waals surface area contributed by atoms with Crippen molar-refractivity contribution in [2.45, 2.75) is 20.3 Å². The van der Waals surface area contributed by atoms with Gasteiger partial charge in [-0.25, -0.2) is 0 Å². The standard InChI is InChI=1S/C14H14ClN3/c1-3-4-5-11-13(17-18-14(11)16)10-7-6-9(2)8-12(10)15/h6-8H,3H2,1-2H3,(H3,16,17,18). The van der Waals surface area contributed by atoms with Crippen molar-refractivity contribution < 1.29 is 0 Å². The van der Waals surface area contributed by atoms with Gasteiger partial charge < -0.3 is 5.73 Å². The molecule has 92 valence electrons. The molecule has 1 aromatic carbocycles. The number of anilines is 1. The number of nitrogen functional groups attached to an aromatic ring is 1. The van der Waals surface area contributed by atoms with E-state index in [0.717, 1.165) is 23.2 Å². The molecule has 0 unspecified atom stereocenters. The number of H-pyrrole nitrogens is 1. The third kappa shape index (κ3) is 2.34. The quantitative estimate of drug-likeness (QED) is 0.772. The summed E-state index contributed by atoms with van der Waals surface area (Å²) in [5.74, 6) is 6.43. The van der Waals surface area contributed by atoms with Crippen LogP contribution in [0.25, 0.3) is 11.3 Å². The largest absolute Gasteiger partial charge is 0.381 e. The molecule has 3 N–H and O–H groups in total. The van der Waals surface area contributed by atoms with E-state index in [1.54, 1.807) is 0 Å². The molecule has 0 aliphatic carbocycles. The molecule has 0 aliphatic heterocycles. The van der Waals surface area contributed by atoms with Gasteiger partial charge in [0.2, 0.25) is 0 Å². The van der Waals surface area contributed by atoms with Crippen LogP contribution in [0.15, 0.2) is 18.2 Å². The predicted molar refractivity (Wildman–Crippen MR) is 75.4 cm³/mol. The van der Waals surface area contributed by atoms with Gasteiger partial charge >= 0.3 is 0 Å². The van der Waals surface area contributed by atoms with Gasteiger partial charge in [-0.1, -0.05) is 42.5 Å². The fraction of sp³-hybridized carbons (Fsp3) is 0.214. The van der Waals surface area contributed by atoms with E-state index >= 15 is 0 Å². The van der Waals surface area contributed by atoms with Crippen molar-refractivity contribution in [1.29, 1.82) is 0 Å². The summed E-state index contributed by atoms with van der Waals surface area (Å²) in [5.41, 5.74) is 9.27. The maximum atomic E-state index is 6.24. The van der Waals surface area contributed by atoms with Crippen LogP contribution >= 0.6 is 11.6 Å². The second kappa shape index (κ2) is 5.16. The summed E-state index contributed by atoms with van der Waals surface area (Å²) < 4.78 is 0. The maximum absolute atomic E-state index is 6.24. The van der Waals surface area contributed by atoms with Crippen LogP contribution in [0.5, 0.6) is 0 Å². The number of nitrogens with two attached hydrogens (primary N) is 1. The average Bonchev–Trinajstić information content (AvgIpc) is 2.68. The lowest BCUT2D eigenvalue weighted by atomic mass is 10.1. The number of nitrogens with zero attached hydrogens (tertiary/aromatic N) is 1. The number of hydrogen-bond donors (Lipinski definition) is 2. The summed E-state index contributed by atoms with van der Waals surface area (Å²) in [4.78, 5) is 0. The van der Waals surface area contributed by atoms with Gasteiger partial charge in [0.05, 0.1) is 16.3 Å². The van der Waals surface area contributed by atoms with Gasteiger partial charge in [0, 0.05) is 12.0 Å². The van der Waals surface area contributed by atoms with Crippen LogP contribution in [0.2, 0.25) is 5.02 Å². The van der Waals surface area contributed by atoms with E-state index in [1.165, 1.54) is 0 Å². The Morgan fingerprint density at radius 3 is 2.89 bits per heavy atom. The topological polar surface area (TPSA) is 54.7 Å². The highest BCUT2D eigenvalue weighted by atomic mass is 35.5. The molecule has 2 rings (SSSR count). The molecule has 1 heterocycles. The Kier molecular flexibility index (Phi) is 3.59. The predicted octanol–water partition coefficient (Wildman–Crippen LogP) is 3.38. The molecular formula is C14H14ClN3. The monoisotopic (exact) mass is 259 g/mol. The van der Waals surface area contributed by atoms with E-state index in [4.69, 9.17) is 17.3 Å². The van der Waals surface area contributed by atoms with Crippen LogP contribution in [-0.2, 0) is 0 Å².